The summed E-state index contributed by atoms with van der Waals surface area (Å²) in [5.74, 6) is -0.143. The molecule has 4 heteroatoms. The fourth-order valence-corrected chi connectivity index (χ4v) is 1.32. The zero-order valence-electron chi connectivity index (χ0n) is 8.21. The Morgan fingerprint density at radius 2 is 2.29 bits per heavy atom. The van der Waals surface area contributed by atoms with Gasteiger partial charge in [-0.3, -0.25) is 4.79 Å². The van der Waals surface area contributed by atoms with Crippen molar-refractivity contribution in [3.05, 3.63) is 11.3 Å². The van der Waals surface area contributed by atoms with Gasteiger partial charge in [-0.2, -0.15) is 5.26 Å². The molecule has 0 aromatic heterocycles. The molecule has 1 aliphatic carbocycles. The highest BCUT2D eigenvalue weighted by Gasteiger charge is 2.19. The van der Waals surface area contributed by atoms with Gasteiger partial charge in [0.15, 0.2) is 5.57 Å². The smallest absolute Gasteiger partial charge is 0.265 e. The highest BCUT2D eigenvalue weighted by molar-refractivity contribution is 5.97. The number of hydrogen-bond acceptors (Lipinski definition) is 3. The highest BCUT2D eigenvalue weighted by Crippen LogP contribution is 2.25. The lowest BCUT2D eigenvalue weighted by molar-refractivity contribution is -0.117. The molecular weight excluding hydrogens is 180 g/mol. The maximum Gasteiger partial charge on any atom is 0.265 e. The standard InChI is InChI=1S/C10H14N2O2/c1-7(13)9(5-11)10(14)12-6-8-3-2-4-8/h8,13H,2-4,6H2,1H3,(H,12,14)/b9-7+. The van der Waals surface area contributed by atoms with Crippen LogP contribution in [-0.2, 0) is 4.79 Å². The van der Waals surface area contributed by atoms with Gasteiger partial charge in [0.05, 0.1) is 0 Å². The lowest BCUT2D eigenvalue weighted by Gasteiger charge is -2.25. The predicted molar refractivity (Wildman–Crippen MR) is 51.3 cm³/mol. The number of aliphatic hydroxyl groups is 1. The first-order valence-electron chi connectivity index (χ1n) is 4.73. The number of allylic oxidation sites excluding steroid dienone is 1. The van der Waals surface area contributed by atoms with Crippen molar-refractivity contribution in [1.82, 2.24) is 5.32 Å². The van der Waals surface area contributed by atoms with Crippen LogP contribution in [0.3, 0.4) is 0 Å². The predicted octanol–water partition coefficient (Wildman–Crippen LogP) is 1.26. The van der Waals surface area contributed by atoms with Crippen LogP contribution in [-0.4, -0.2) is 17.6 Å². The molecule has 4 nitrogen and oxygen atoms in total. The van der Waals surface area contributed by atoms with Gasteiger partial charge in [-0.15, -0.1) is 0 Å². The monoisotopic (exact) mass is 194 g/mol. The van der Waals surface area contributed by atoms with Crippen LogP contribution in [0.2, 0.25) is 0 Å². The number of carbonyl (C=O) groups excluding carboxylic acids is 1. The third-order valence-electron chi connectivity index (χ3n) is 2.48. The molecule has 0 bridgehead atoms. The number of rotatable bonds is 3. The summed E-state index contributed by atoms with van der Waals surface area (Å²) in [6.07, 6.45) is 3.51. The second kappa shape index (κ2) is 4.66. The van der Waals surface area contributed by atoms with E-state index in [2.05, 4.69) is 5.32 Å². The summed E-state index contributed by atoms with van der Waals surface area (Å²) in [5, 5.41) is 20.2. The molecule has 2 N–H and O–H groups in total. The summed E-state index contributed by atoms with van der Waals surface area (Å²) >= 11 is 0. The fourth-order valence-electron chi connectivity index (χ4n) is 1.32. The summed E-state index contributed by atoms with van der Waals surface area (Å²) in [5.41, 5.74) is -0.190. The van der Waals surface area contributed by atoms with E-state index in [1.54, 1.807) is 6.07 Å². The highest BCUT2D eigenvalue weighted by atomic mass is 16.3. The second-order valence-corrected chi connectivity index (χ2v) is 3.58. The largest absolute Gasteiger partial charge is 0.511 e. The molecule has 0 radical (unpaired) electrons. The summed E-state index contributed by atoms with van der Waals surface area (Å²) < 4.78 is 0. The van der Waals surface area contributed by atoms with Crippen molar-refractivity contribution in [1.29, 1.82) is 5.26 Å². The molecule has 0 aromatic rings. The Bertz CT molecular complexity index is 294. The van der Waals surface area contributed by atoms with Crippen LogP contribution in [0.15, 0.2) is 11.3 Å². The number of nitriles is 1. The zero-order chi connectivity index (χ0) is 10.6. The molecule has 0 unspecified atom stereocenters. The first-order valence-corrected chi connectivity index (χ1v) is 4.73. The van der Waals surface area contributed by atoms with Gasteiger partial charge in [0.2, 0.25) is 0 Å². The number of nitrogens with zero attached hydrogens (tertiary/aromatic N) is 1. The van der Waals surface area contributed by atoms with E-state index < -0.39 is 5.91 Å². The molecular formula is C10H14N2O2. The first-order chi connectivity index (χ1) is 6.65. The Balaban J connectivity index is 2.41. The van der Waals surface area contributed by atoms with E-state index >= 15 is 0 Å². The minimum atomic E-state index is -0.473. The Morgan fingerprint density at radius 3 is 2.64 bits per heavy atom. The van der Waals surface area contributed by atoms with Crippen molar-refractivity contribution >= 4 is 5.91 Å². The number of nitrogens with one attached hydrogen (secondary N) is 1. The van der Waals surface area contributed by atoms with Crippen molar-refractivity contribution < 1.29 is 9.90 Å². The van der Waals surface area contributed by atoms with Crippen molar-refractivity contribution in [2.45, 2.75) is 26.2 Å². The maximum absolute atomic E-state index is 11.3. The minimum absolute atomic E-state index is 0.190. The lowest BCUT2D eigenvalue weighted by Crippen LogP contribution is -2.33. The Kier molecular flexibility index (Phi) is 3.52. The van der Waals surface area contributed by atoms with Crippen molar-refractivity contribution in [3.8, 4) is 6.07 Å². The molecule has 1 amide bonds. The Hall–Kier alpha value is -1.50. The third-order valence-corrected chi connectivity index (χ3v) is 2.48. The van der Waals surface area contributed by atoms with E-state index in [9.17, 15) is 4.79 Å². The number of amides is 1. The maximum atomic E-state index is 11.3. The van der Waals surface area contributed by atoms with Crippen molar-refractivity contribution in [2.75, 3.05) is 6.54 Å². The molecule has 0 aliphatic heterocycles. The van der Waals surface area contributed by atoms with Gasteiger partial charge in [0.25, 0.3) is 5.91 Å². The van der Waals surface area contributed by atoms with E-state index in [0.29, 0.717) is 12.5 Å². The molecule has 1 aliphatic rings. The normalized spacial score (nSPS) is 17.7. The summed E-state index contributed by atoms with van der Waals surface area (Å²) in [6.45, 7) is 1.94. The van der Waals surface area contributed by atoms with Crippen LogP contribution in [0.25, 0.3) is 0 Å². The number of carbonyl (C=O) groups is 1. The van der Waals surface area contributed by atoms with E-state index in [-0.39, 0.29) is 11.3 Å². The summed E-state index contributed by atoms with van der Waals surface area (Å²) in [6, 6.07) is 1.68. The average Bonchev–Trinajstić information content (AvgIpc) is 2.01. The molecule has 76 valence electrons. The fraction of sp³-hybridized carbons (Fsp3) is 0.600. The molecule has 0 heterocycles. The van der Waals surface area contributed by atoms with E-state index in [0.717, 1.165) is 12.8 Å². The molecule has 1 saturated carbocycles. The topological polar surface area (TPSA) is 73.1 Å². The van der Waals surface area contributed by atoms with Gasteiger partial charge in [0, 0.05) is 6.54 Å². The molecule has 0 spiro atoms. The van der Waals surface area contributed by atoms with Crippen molar-refractivity contribution in [2.24, 2.45) is 5.92 Å². The van der Waals surface area contributed by atoms with Crippen LogP contribution >= 0.6 is 0 Å². The second-order valence-electron chi connectivity index (χ2n) is 3.58. The lowest BCUT2D eigenvalue weighted by atomic mass is 9.85. The first kappa shape index (κ1) is 10.6. The zero-order valence-corrected chi connectivity index (χ0v) is 8.21. The van der Waals surface area contributed by atoms with Gasteiger partial charge in [-0.05, 0) is 25.7 Å². The van der Waals surface area contributed by atoms with Crippen LogP contribution in [0.1, 0.15) is 26.2 Å². The van der Waals surface area contributed by atoms with Gasteiger partial charge in [-0.1, -0.05) is 6.42 Å². The third kappa shape index (κ3) is 2.49. The van der Waals surface area contributed by atoms with Crippen LogP contribution in [0.4, 0.5) is 0 Å². The van der Waals surface area contributed by atoms with Gasteiger partial charge >= 0.3 is 0 Å². The van der Waals surface area contributed by atoms with Gasteiger partial charge in [0.1, 0.15) is 11.8 Å². The Labute approximate surface area is 83.2 Å². The number of aliphatic hydroxyl groups excluding tert-OH is 1. The summed E-state index contributed by atoms with van der Waals surface area (Å²) in [4.78, 5) is 11.3. The Morgan fingerprint density at radius 1 is 1.64 bits per heavy atom. The minimum Gasteiger partial charge on any atom is -0.511 e. The van der Waals surface area contributed by atoms with Crippen LogP contribution in [0, 0.1) is 17.2 Å². The molecule has 0 saturated heterocycles. The molecule has 14 heavy (non-hydrogen) atoms. The van der Waals surface area contributed by atoms with E-state index in [1.165, 1.54) is 13.3 Å². The molecule has 1 rings (SSSR count). The molecule has 0 aromatic carbocycles. The SMILES string of the molecule is C/C(O)=C(/C#N)C(=O)NCC1CCC1. The molecule has 0 atom stereocenters. The quantitative estimate of drug-likeness (QED) is 0.403. The van der Waals surface area contributed by atoms with Gasteiger partial charge in [-0.25, -0.2) is 0 Å². The van der Waals surface area contributed by atoms with Crippen LogP contribution in [0.5, 0.6) is 0 Å². The van der Waals surface area contributed by atoms with E-state index in [1.807, 2.05) is 0 Å². The van der Waals surface area contributed by atoms with Crippen LogP contribution < -0.4 is 5.32 Å². The molecule has 1 fully saturated rings. The average molecular weight is 194 g/mol. The van der Waals surface area contributed by atoms with E-state index in [4.69, 9.17) is 10.4 Å². The van der Waals surface area contributed by atoms with Gasteiger partial charge < -0.3 is 10.4 Å². The van der Waals surface area contributed by atoms with Crippen molar-refractivity contribution in [3.63, 3.8) is 0 Å². The summed E-state index contributed by atoms with van der Waals surface area (Å²) in [7, 11) is 0. The number of hydrogen-bond donors (Lipinski definition) is 2.